The smallest absolute Gasteiger partial charge is 0.248 e. The van der Waals surface area contributed by atoms with Gasteiger partial charge in [-0.15, -0.1) is 0 Å². The molecule has 0 saturated carbocycles. The number of carbonyl (C=O) groups is 1. The molecule has 0 atom stereocenters. The van der Waals surface area contributed by atoms with Crippen LogP contribution in [0.5, 0.6) is 0 Å². The van der Waals surface area contributed by atoms with Crippen LogP contribution < -0.4 is 0 Å². The highest BCUT2D eigenvalue weighted by Crippen LogP contribution is 2.30. The van der Waals surface area contributed by atoms with Gasteiger partial charge >= 0.3 is 0 Å². The SMILES string of the molecule is CCN(Cc1ccccc1)C(=O)C1CCN(S(=O)(=O)c2c(C)noc2/C=C/c2ccc(F)cc2F)CC1. The number of sulfonamides is 1. The zero-order valence-corrected chi connectivity index (χ0v) is 21.5. The normalized spacial score (nSPS) is 15.4. The summed E-state index contributed by atoms with van der Waals surface area (Å²) < 4.78 is 60.7. The molecule has 1 amide bonds. The van der Waals surface area contributed by atoms with Crippen LogP contribution in [0, 0.1) is 24.5 Å². The molecule has 1 aliphatic rings. The Morgan fingerprint density at radius 3 is 2.49 bits per heavy atom. The third-order valence-corrected chi connectivity index (χ3v) is 8.58. The Kier molecular flexibility index (Phi) is 8.19. The molecule has 4 rings (SSSR count). The fourth-order valence-electron chi connectivity index (χ4n) is 4.48. The monoisotopic (exact) mass is 529 g/mol. The van der Waals surface area contributed by atoms with E-state index in [0.717, 1.165) is 17.7 Å². The van der Waals surface area contributed by atoms with Crippen molar-refractivity contribution in [2.75, 3.05) is 19.6 Å². The Balaban J connectivity index is 1.46. The number of amides is 1. The molecule has 1 fully saturated rings. The molecule has 1 aromatic heterocycles. The number of carbonyl (C=O) groups excluding carboxylic acids is 1. The molecule has 0 aliphatic carbocycles. The van der Waals surface area contributed by atoms with Gasteiger partial charge < -0.3 is 9.42 Å². The summed E-state index contributed by atoms with van der Waals surface area (Å²) in [5.41, 5.74) is 1.30. The molecule has 0 bridgehead atoms. The summed E-state index contributed by atoms with van der Waals surface area (Å²) in [6.07, 6.45) is 3.42. The Morgan fingerprint density at radius 2 is 1.84 bits per heavy atom. The van der Waals surface area contributed by atoms with E-state index in [1.807, 2.05) is 37.3 Å². The van der Waals surface area contributed by atoms with Crippen molar-refractivity contribution in [3.63, 3.8) is 0 Å². The predicted octanol–water partition coefficient (Wildman–Crippen LogP) is 4.88. The Morgan fingerprint density at radius 1 is 1.14 bits per heavy atom. The first-order valence-electron chi connectivity index (χ1n) is 12.1. The fourth-order valence-corrected chi connectivity index (χ4v) is 6.20. The maximum atomic E-state index is 14.0. The van der Waals surface area contributed by atoms with Gasteiger partial charge in [0.15, 0.2) is 10.7 Å². The van der Waals surface area contributed by atoms with Crippen LogP contribution in [-0.4, -0.2) is 48.3 Å². The number of piperidine rings is 1. The molecular formula is C27H29F2N3O4S. The average molecular weight is 530 g/mol. The first-order valence-corrected chi connectivity index (χ1v) is 13.6. The Hall–Kier alpha value is -3.37. The number of aromatic nitrogens is 1. The highest BCUT2D eigenvalue weighted by Gasteiger charge is 2.36. The molecule has 0 radical (unpaired) electrons. The van der Waals surface area contributed by atoms with E-state index < -0.39 is 21.7 Å². The summed E-state index contributed by atoms with van der Waals surface area (Å²) in [5.74, 6) is -1.78. The Labute approximate surface area is 215 Å². The molecule has 37 heavy (non-hydrogen) atoms. The first kappa shape index (κ1) is 26.7. The standard InChI is InChI=1S/C27H29F2N3O4S/c1-3-31(18-20-7-5-4-6-8-20)27(33)22-13-15-32(16-14-22)37(34,35)26-19(2)30-36-25(26)12-10-21-9-11-23(28)17-24(21)29/h4-12,17,22H,3,13-16,18H2,1-2H3/b12-10+. The van der Waals surface area contributed by atoms with Gasteiger partial charge in [-0.25, -0.2) is 17.2 Å². The van der Waals surface area contributed by atoms with Gasteiger partial charge in [0.2, 0.25) is 15.9 Å². The summed E-state index contributed by atoms with van der Waals surface area (Å²) >= 11 is 0. The maximum Gasteiger partial charge on any atom is 0.248 e. The number of nitrogens with zero attached hydrogens (tertiary/aromatic N) is 3. The van der Waals surface area contributed by atoms with E-state index in [0.29, 0.717) is 25.9 Å². The van der Waals surface area contributed by atoms with Crippen LogP contribution in [0.25, 0.3) is 12.2 Å². The first-order chi connectivity index (χ1) is 17.7. The van der Waals surface area contributed by atoms with Gasteiger partial charge in [-0.2, -0.15) is 4.31 Å². The topological polar surface area (TPSA) is 83.7 Å². The zero-order chi connectivity index (χ0) is 26.6. The molecular weight excluding hydrogens is 500 g/mol. The molecule has 196 valence electrons. The van der Waals surface area contributed by atoms with E-state index in [4.69, 9.17) is 4.52 Å². The lowest BCUT2D eigenvalue weighted by atomic mass is 9.96. The maximum absolute atomic E-state index is 14.0. The molecule has 3 aromatic rings. The second-order valence-corrected chi connectivity index (χ2v) is 10.9. The van der Waals surface area contributed by atoms with Crippen molar-refractivity contribution in [2.45, 2.75) is 38.1 Å². The highest BCUT2D eigenvalue weighted by molar-refractivity contribution is 7.89. The molecule has 10 heteroatoms. The van der Waals surface area contributed by atoms with E-state index in [1.54, 1.807) is 4.90 Å². The van der Waals surface area contributed by atoms with Crippen LogP contribution in [0.15, 0.2) is 57.9 Å². The number of hydrogen-bond acceptors (Lipinski definition) is 5. The van der Waals surface area contributed by atoms with Gasteiger partial charge in [-0.05, 0) is 56.5 Å². The second kappa shape index (κ2) is 11.4. The van der Waals surface area contributed by atoms with Crippen molar-refractivity contribution < 1.29 is 26.5 Å². The van der Waals surface area contributed by atoms with Crippen LogP contribution in [-0.2, 0) is 21.4 Å². The minimum Gasteiger partial charge on any atom is -0.355 e. The van der Waals surface area contributed by atoms with E-state index in [2.05, 4.69) is 5.16 Å². The van der Waals surface area contributed by atoms with Crippen molar-refractivity contribution in [3.05, 3.63) is 82.7 Å². The van der Waals surface area contributed by atoms with Gasteiger partial charge in [0.25, 0.3) is 0 Å². The molecule has 0 unspecified atom stereocenters. The number of hydrogen-bond donors (Lipinski definition) is 0. The van der Waals surface area contributed by atoms with Crippen LogP contribution in [0.2, 0.25) is 0 Å². The Bertz CT molecular complexity index is 1380. The van der Waals surface area contributed by atoms with Crippen LogP contribution in [0.4, 0.5) is 8.78 Å². The number of rotatable bonds is 8. The number of halogens is 2. The van der Waals surface area contributed by atoms with Crippen LogP contribution in [0.1, 0.15) is 42.3 Å². The lowest BCUT2D eigenvalue weighted by molar-refractivity contribution is -0.137. The van der Waals surface area contributed by atoms with Crippen molar-refractivity contribution in [1.82, 2.24) is 14.4 Å². The number of aryl methyl sites for hydroxylation is 1. The summed E-state index contributed by atoms with van der Waals surface area (Å²) in [6.45, 7) is 4.90. The molecule has 7 nitrogen and oxygen atoms in total. The fraction of sp³-hybridized carbons (Fsp3) is 0.333. The summed E-state index contributed by atoms with van der Waals surface area (Å²) in [6, 6.07) is 12.8. The number of benzene rings is 2. The van der Waals surface area contributed by atoms with Gasteiger partial charge in [-0.3, -0.25) is 4.79 Å². The van der Waals surface area contributed by atoms with E-state index in [9.17, 15) is 22.0 Å². The summed E-state index contributed by atoms with van der Waals surface area (Å²) in [4.78, 5) is 14.9. The minimum absolute atomic E-state index is 0.0227. The molecule has 1 aliphatic heterocycles. The molecule has 0 N–H and O–H groups in total. The largest absolute Gasteiger partial charge is 0.355 e. The van der Waals surface area contributed by atoms with Gasteiger partial charge in [-0.1, -0.05) is 35.5 Å². The predicted molar refractivity (Wildman–Crippen MR) is 136 cm³/mol. The lowest BCUT2D eigenvalue weighted by Gasteiger charge is -2.33. The average Bonchev–Trinajstić information content (AvgIpc) is 3.28. The second-order valence-electron chi connectivity index (χ2n) is 8.98. The molecule has 1 saturated heterocycles. The van der Waals surface area contributed by atoms with E-state index in [-0.39, 0.29) is 46.8 Å². The van der Waals surface area contributed by atoms with E-state index >= 15 is 0 Å². The summed E-state index contributed by atoms with van der Waals surface area (Å²) in [7, 11) is -3.98. The molecule has 0 spiro atoms. The van der Waals surface area contributed by atoms with E-state index in [1.165, 1.54) is 29.4 Å². The van der Waals surface area contributed by atoms with Crippen molar-refractivity contribution >= 4 is 28.1 Å². The quantitative estimate of drug-likeness (QED) is 0.415. The van der Waals surface area contributed by atoms with Gasteiger partial charge in [0.1, 0.15) is 17.3 Å². The molecule has 2 heterocycles. The van der Waals surface area contributed by atoms with Gasteiger partial charge in [0.05, 0.1) is 0 Å². The van der Waals surface area contributed by atoms with Crippen LogP contribution >= 0.6 is 0 Å². The van der Waals surface area contributed by atoms with Gasteiger partial charge in [0, 0.05) is 43.7 Å². The summed E-state index contributed by atoms with van der Waals surface area (Å²) in [5, 5.41) is 3.80. The third kappa shape index (κ3) is 5.97. The third-order valence-electron chi connectivity index (χ3n) is 6.52. The highest BCUT2D eigenvalue weighted by atomic mass is 32.2. The zero-order valence-electron chi connectivity index (χ0n) is 20.7. The lowest BCUT2D eigenvalue weighted by Crippen LogP contribution is -2.44. The van der Waals surface area contributed by atoms with Crippen molar-refractivity contribution in [1.29, 1.82) is 0 Å². The molecule has 2 aromatic carbocycles. The minimum atomic E-state index is -3.98. The van der Waals surface area contributed by atoms with Crippen molar-refractivity contribution in [3.8, 4) is 0 Å². The van der Waals surface area contributed by atoms with Crippen molar-refractivity contribution in [2.24, 2.45) is 5.92 Å². The van der Waals surface area contributed by atoms with Crippen LogP contribution in [0.3, 0.4) is 0 Å².